The summed E-state index contributed by atoms with van der Waals surface area (Å²) in [5.74, 6) is 0.448. The molecule has 0 aliphatic rings. The molecule has 9 heteroatoms. The molecule has 0 aliphatic heterocycles. The molecule has 0 unspecified atom stereocenters. The van der Waals surface area contributed by atoms with Crippen molar-refractivity contribution in [3.8, 4) is 5.75 Å². The first-order valence-electron chi connectivity index (χ1n) is 12.4. The van der Waals surface area contributed by atoms with Gasteiger partial charge < -0.3 is 15.4 Å². The van der Waals surface area contributed by atoms with E-state index in [0.717, 1.165) is 11.3 Å². The molecule has 0 saturated carbocycles. The number of nitrogens with one attached hydrogen (secondary N) is 2. The van der Waals surface area contributed by atoms with Crippen LogP contribution in [0.3, 0.4) is 0 Å². The van der Waals surface area contributed by atoms with Crippen LogP contribution in [0.2, 0.25) is 0 Å². The van der Waals surface area contributed by atoms with Crippen molar-refractivity contribution in [1.82, 2.24) is 14.9 Å². The van der Waals surface area contributed by atoms with Crippen molar-refractivity contribution < 1.29 is 14.3 Å². The first-order valence-corrected chi connectivity index (χ1v) is 13.4. The lowest BCUT2D eigenvalue weighted by molar-refractivity contribution is -0.113. The van der Waals surface area contributed by atoms with Crippen LogP contribution >= 0.6 is 11.8 Å². The number of para-hydroxylation sites is 1. The van der Waals surface area contributed by atoms with E-state index in [1.807, 2.05) is 39.0 Å². The highest BCUT2D eigenvalue weighted by molar-refractivity contribution is 7.99. The van der Waals surface area contributed by atoms with Gasteiger partial charge in [0.1, 0.15) is 5.75 Å². The molecule has 196 valence electrons. The average Bonchev–Trinajstić information content (AvgIpc) is 2.90. The second kappa shape index (κ2) is 12.4. The van der Waals surface area contributed by atoms with Gasteiger partial charge in [-0.05, 0) is 74.9 Å². The predicted molar refractivity (Wildman–Crippen MR) is 151 cm³/mol. The molecule has 3 aromatic carbocycles. The largest absolute Gasteiger partial charge is 0.494 e. The zero-order chi connectivity index (χ0) is 27.1. The van der Waals surface area contributed by atoms with E-state index in [0.29, 0.717) is 33.9 Å². The maximum Gasteiger partial charge on any atom is 0.262 e. The van der Waals surface area contributed by atoms with E-state index in [-0.39, 0.29) is 35.7 Å². The number of ether oxygens (including phenoxy) is 1. The molecule has 8 nitrogen and oxygen atoms in total. The zero-order valence-electron chi connectivity index (χ0n) is 21.6. The van der Waals surface area contributed by atoms with Crippen LogP contribution in [-0.4, -0.2) is 39.8 Å². The van der Waals surface area contributed by atoms with Crippen LogP contribution in [0.4, 0.5) is 5.69 Å². The molecule has 2 amide bonds. The zero-order valence-corrected chi connectivity index (χ0v) is 22.4. The van der Waals surface area contributed by atoms with Gasteiger partial charge in [-0.3, -0.25) is 19.0 Å². The Morgan fingerprint density at radius 3 is 2.39 bits per heavy atom. The SMILES string of the molecule is CCOc1ccc(NC(=O)CSc2nc3ccccc3c(=O)n2Cc2ccc(C(=O)NC(C)C)cc2)cc1. The number of fused-ring (bicyclic) bond motifs is 1. The number of hydrogen-bond donors (Lipinski definition) is 2. The van der Waals surface area contributed by atoms with Crippen molar-refractivity contribution in [2.75, 3.05) is 17.7 Å². The fourth-order valence-electron chi connectivity index (χ4n) is 3.82. The molecule has 0 aliphatic carbocycles. The third kappa shape index (κ3) is 6.80. The van der Waals surface area contributed by atoms with Crippen molar-refractivity contribution in [2.24, 2.45) is 0 Å². The van der Waals surface area contributed by atoms with Crippen LogP contribution < -0.4 is 20.9 Å². The van der Waals surface area contributed by atoms with Crippen LogP contribution in [0.1, 0.15) is 36.7 Å². The summed E-state index contributed by atoms with van der Waals surface area (Å²) >= 11 is 1.20. The molecule has 0 radical (unpaired) electrons. The van der Waals surface area contributed by atoms with Crippen LogP contribution in [0.15, 0.2) is 82.7 Å². The van der Waals surface area contributed by atoms with Gasteiger partial charge in [0.25, 0.3) is 11.5 Å². The number of benzene rings is 3. The number of thioether (sulfide) groups is 1. The first-order chi connectivity index (χ1) is 18.3. The highest BCUT2D eigenvalue weighted by Crippen LogP contribution is 2.21. The molecule has 1 heterocycles. The minimum atomic E-state index is -0.214. The number of nitrogens with zero attached hydrogens (tertiary/aromatic N) is 2. The summed E-state index contributed by atoms with van der Waals surface area (Å²) in [6, 6.07) is 21.5. The van der Waals surface area contributed by atoms with E-state index in [1.54, 1.807) is 59.2 Å². The van der Waals surface area contributed by atoms with Crippen LogP contribution in [0, 0.1) is 0 Å². The van der Waals surface area contributed by atoms with Gasteiger partial charge >= 0.3 is 0 Å². The summed E-state index contributed by atoms with van der Waals surface area (Å²) in [6.07, 6.45) is 0. The molecule has 1 aromatic heterocycles. The molecule has 4 aromatic rings. The second-order valence-corrected chi connectivity index (χ2v) is 9.86. The van der Waals surface area contributed by atoms with E-state index in [1.165, 1.54) is 11.8 Å². The van der Waals surface area contributed by atoms with Crippen LogP contribution in [0.25, 0.3) is 10.9 Å². The van der Waals surface area contributed by atoms with Crippen molar-refractivity contribution in [3.05, 3.63) is 94.3 Å². The number of aromatic nitrogens is 2. The molecular weight excluding hydrogens is 500 g/mol. The Balaban J connectivity index is 1.53. The lowest BCUT2D eigenvalue weighted by Crippen LogP contribution is -2.30. The van der Waals surface area contributed by atoms with Crippen LogP contribution in [-0.2, 0) is 11.3 Å². The minimum absolute atomic E-state index is 0.0376. The predicted octanol–water partition coefficient (Wildman–Crippen LogP) is 4.71. The Bertz CT molecular complexity index is 1480. The van der Waals surface area contributed by atoms with Gasteiger partial charge in [-0.2, -0.15) is 0 Å². The second-order valence-electron chi connectivity index (χ2n) is 8.92. The summed E-state index contributed by atoms with van der Waals surface area (Å²) in [7, 11) is 0. The average molecular weight is 531 g/mol. The number of rotatable bonds is 10. The Labute approximate surface area is 225 Å². The molecule has 0 bridgehead atoms. The van der Waals surface area contributed by atoms with E-state index in [9.17, 15) is 14.4 Å². The number of hydrogen-bond acceptors (Lipinski definition) is 6. The fraction of sp³-hybridized carbons (Fsp3) is 0.241. The number of amides is 2. The van der Waals surface area contributed by atoms with Gasteiger partial charge in [-0.1, -0.05) is 36.0 Å². The molecule has 38 heavy (non-hydrogen) atoms. The lowest BCUT2D eigenvalue weighted by Gasteiger charge is -2.14. The summed E-state index contributed by atoms with van der Waals surface area (Å²) in [5.41, 5.74) is 2.43. The highest BCUT2D eigenvalue weighted by Gasteiger charge is 2.15. The Morgan fingerprint density at radius 2 is 1.71 bits per heavy atom. The first kappa shape index (κ1) is 26.9. The Hall–Kier alpha value is -4.11. The monoisotopic (exact) mass is 530 g/mol. The summed E-state index contributed by atoms with van der Waals surface area (Å²) in [6.45, 7) is 6.55. The van der Waals surface area contributed by atoms with Gasteiger partial charge in [-0.25, -0.2) is 4.98 Å². The molecule has 0 fully saturated rings. The van der Waals surface area contributed by atoms with E-state index in [4.69, 9.17) is 4.74 Å². The standard InChI is InChI=1S/C29H30N4O4S/c1-4-37-23-15-13-22(14-16-23)31-26(34)18-38-29-32-25-8-6-5-7-24(25)28(36)33(29)17-20-9-11-21(12-10-20)27(35)30-19(2)3/h5-16,19H,4,17-18H2,1-3H3,(H,30,35)(H,31,34). The molecular formula is C29H30N4O4S. The summed E-state index contributed by atoms with van der Waals surface area (Å²) < 4.78 is 7.01. The molecule has 0 atom stereocenters. The number of carbonyl (C=O) groups is 2. The Kier molecular flexibility index (Phi) is 8.81. The normalized spacial score (nSPS) is 10.9. The topological polar surface area (TPSA) is 102 Å². The van der Waals surface area contributed by atoms with Crippen LogP contribution in [0.5, 0.6) is 5.75 Å². The number of anilines is 1. The molecule has 0 saturated heterocycles. The summed E-state index contributed by atoms with van der Waals surface area (Å²) in [5, 5.41) is 6.68. The van der Waals surface area contributed by atoms with Crippen molar-refractivity contribution in [3.63, 3.8) is 0 Å². The molecule has 0 spiro atoms. The van der Waals surface area contributed by atoms with E-state index in [2.05, 4.69) is 15.6 Å². The lowest BCUT2D eigenvalue weighted by atomic mass is 10.1. The smallest absolute Gasteiger partial charge is 0.262 e. The van der Waals surface area contributed by atoms with Crippen molar-refractivity contribution in [2.45, 2.75) is 38.5 Å². The van der Waals surface area contributed by atoms with Gasteiger partial charge in [0.15, 0.2) is 5.16 Å². The maximum absolute atomic E-state index is 13.4. The van der Waals surface area contributed by atoms with Gasteiger partial charge in [0, 0.05) is 17.3 Å². The number of carbonyl (C=O) groups excluding carboxylic acids is 2. The highest BCUT2D eigenvalue weighted by atomic mass is 32.2. The Morgan fingerprint density at radius 1 is 1.00 bits per heavy atom. The van der Waals surface area contributed by atoms with E-state index >= 15 is 0 Å². The van der Waals surface area contributed by atoms with Gasteiger partial charge in [0.2, 0.25) is 5.91 Å². The fourth-order valence-corrected chi connectivity index (χ4v) is 4.61. The van der Waals surface area contributed by atoms with Gasteiger partial charge in [-0.15, -0.1) is 0 Å². The van der Waals surface area contributed by atoms with Gasteiger partial charge in [0.05, 0.1) is 29.8 Å². The van der Waals surface area contributed by atoms with Crippen molar-refractivity contribution >= 4 is 40.2 Å². The third-order valence-electron chi connectivity index (χ3n) is 5.58. The van der Waals surface area contributed by atoms with E-state index < -0.39 is 0 Å². The third-order valence-corrected chi connectivity index (χ3v) is 6.56. The maximum atomic E-state index is 13.4. The minimum Gasteiger partial charge on any atom is -0.494 e. The molecule has 4 rings (SSSR count). The molecule has 2 N–H and O–H groups in total. The quantitative estimate of drug-likeness (QED) is 0.227. The summed E-state index contributed by atoms with van der Waals surface area (Å²) in [4.78, 5) is 43.0. The van der Waals surface area contributed by atoms with Crippen molar-refractivity contribution in [1.29, 1.82) is 0 Å².